The minimum atomic E-state index is -1.14. The zero-order valence-corrected chi connectivity index (χ0v) is 20.2. The molecular formula is C26H23Cl2FN2O4. The Hall–Kier alpha value is -2.61. The Balaban J connectivity index is 1.19. The maximum Gasteiger partial charge on any atom is 0.335 e. The fourth-order valence-electron chi connectivity index (χ4n) is 5.52. The molecule has 182 valence electrons. The number of hydrogen-bond acceptors (Lipinski definition) is 5. The molecule has 0 spiro atoms. The number of benzene rings is 2. The summed E-state index contributed by atoms with van der Waals surface area (Å²) in [4.78, 5) is 13.2. The summed E-state index contributed by atoms with van der Waals surface area (Å²) < 4.78 is 26.8. The number of nitrogens with zero attached hydrogens (tertiary/aromatic N) is 2. The summed E-state index contributed by atoms with van der Waals surface area (Å²) >= 11 is 12.9. The van der Waals surface area contributed by atoms with Crippen molar-refractivity contribution < 1.29 is 23.6 Å². The maximum atomic E-state index is 14.6. The molecule has 0 radical (unpaired) electrons. The van der Waals surface area contributed by atoms with E-state index in [0.717, 1.165) is 43.1 Å². The van der Waals surface area contributed by atoms with Crippen LogP contribution in [0.25, 0.3) is 11.3 Å². The molecule has 2 aromatic carbocycles. The summed E-state index contributed by atoms with van der Waals surface area (Å²) in [6.07, 6.45) is 3.85. The monoisotopic (exact) mass is 516 g/mol. The highest BCUT2D eigenvalue weighted by Gasteiger charge is 2.46. The van der Waals surface area contributed by atoms with E-state index in [-0.39, 0.29) is 23.6 Å². The van der Waals surface area contributed by atoms with Crippen molar-refractivity contribution >= 4 is 34.9 Å². The van der Waals surface area contributed by atoms with Gasteiger partial charge >= 0.3 is 5.97 Å². The van der Waals surface area contributed by atoms with E-state index in [0.29, 0.717) is 46.1 Å². The van der Waals surface area contributed by atoms with Gasteiger partial charge < -0.3 is 19.3 Å². The Bertz CT molecular complexity index is 1290. The maximum absolute atomic E-state index is 14.6. The van der Waals surface area contributed by atoms with E-state index in [9.17, 15) is 9.18 Å². The minimum Gasteiger partial charge on any atom is -0.478 e. The van der Waals surface area contributed by atoms with Gasteiger partial charge in [0.05, 0.1) is 34.0 Å². The van der Waals surface area contributed by atoms with Gasteiger partial charge in [-0.2, -0.15) is 0 Å². The van der Waals surface area contributed by atoms with Crippen molar-refractivity contribution in [3.8, 4) is 11.3 Å². The molecule has 1 aliphatic heterocycles. The van der Waals surface area contributed by atoms with E-state index in [1.54, 1.807) is 24.3 Å². The van der Waals surface area contributed by atoms with E-state index in [4.69, 9.17) is 37.6 Å². The number of fused-ring (bicyclic) bond motifs is 2. The van der Waals surface area contributed by atoms with Crippen LogP contribution in [0.1, 0.15) is 53.3 Å². The standard InChI is InChI=1S/C26H23Cl2FN2O4/c27-18-2-1-3-19(28)23(18)24-17(25(35-30-24)13-4-5-13)12-34-22-10-16-8-15(22)11-31(16)21-7-6-14(26(32)33)9-20(21)29/h1-3,6-7,9,13,15-16,22H,4-5,8,10-12H2,(H,32,33)/t15-,16-,22+/m0/s1. The van der Waals surface area contributed by atoms with Crippen LogP contribution in [0.4, 0.5) is 10.1 Å². The van der Waals surface area contributed by atoms with Crippen LogP contribution in [-0.4, -0.2) is 34.9 Å². The van der Waals surface area contributed by atoms with Crippen molar-refractivity contribution in [1.29, 1.82) is 0 Å². The van der Waals surface area contributed by atoms with E-state index < -0.39 is 11.8 Å². The van der Waals surface area contributed by atoms with E-state index in [2.05, 4.69) is 5.16 Å². The SMILES string of the molecule is O=C(O)c1ccc(N2C[C@@H]3C[C@H]2C[C@H]3OCc2c(-c3c(Cl)cccc3Cl)noc2C2CC2)c(F)c1. The summed E-state index contributed by atoms with van der Waals surface area (Å²) in [6, 6.07) is 9.62. The zero-order valence-electron chi connectivity index (χ0n) is 18.7. The molecule has 0 amide bonds. The molecular weight excluding hydrogens is 494 g/mol. The number of rotatable bonds is 7. The topological polar surface area (TPSA) is 75.8 Å². The summed E-state index contributed by atoms with van der Waals surface area (Å²) in [7, 11) is 0. The van der Waals surface area contributed by atoms with Crippen molar-refractivity contribution in [3.63, 3.8) is 0 Å². The number of anilines is 1. The Morgan fingerprint density at radius 1 is 1.20 bits per heavy atom. The molecule has 2 aliphatic carbocycles. The van der Waals surface area contributed by atoms with Crippen LogP contribution >= 0.6 is 23.2 Å². The lowest BCUT2D eigenvalue weighted by Crippen LogP contribution is -2.39. The first-order chi connectivity index (χ1) is 16.9. The smallest absolute Gasteiger partial charge is 0.335 e. The van der Waals surface area contributed by atoms with Gasteiger partial charge in [0.25, 0.3) is 0 Å². The third-order valence-corrected chi connectivity index (χ3v) is 8.02. The number of carboxylic acids is 1. The van der Waals surface area contributed by atoms with Gasteiger partial charge in [0.2, 0.25) is 0 Å². The zero-order chi connectivity index (χ0) is 24.3. The van der Waals surface area contributed by atoms with Crippen molar-refractivity contribution in [2.45, 2.75) is 50.4 Å². The first-order valence-electron chi connectivity index (χ1n) is 11.7. The van der Waals surface area contributed by atoms with E-state index in [1.165, 1.54) is 6.07 Å². The molecule has 1 saturated heterocycles. The van der Waals surface area contributed by atoms with Crippen LogP contribution in [0, 0.1) is 11.7 Å². The summed E-state index contributed by atoms with van der Waals surface area (Å²) in [5.41, 5.74) is 2.59. The Morgan fingerprint density at radius 2 is 1.97 bits per heavy atom. The van der Waals surface area contributed by atoms with Crippen molar-refractivity contribution in [2.75, 3.05) is 11.4 Å². The Morgan fingerprint density at radius 3 is 2.60 bits per heavy atom. The molecule has 9 heteroatoms. The lowest BCUT2D eigenvalue weighted by atomic mass is 10.0. The Kier molecular flexibility index (Phi) is 5.74. The lowest BCUT2D eigenvalue weighted by Gasteiger charge is -2.33. The number of aromatic nitrogens is 1. The van der Waals surface area contributed by atoms with Crippen LogP contribution in [0.2, 0.25) is 10.0 Å². The fraction of sp³-hybridized carbons (Fsp3) is 0.385. The van der Waals surface area contributed by atoms with E-state index >= 15 is 0 Å². The summed E-state index contributed by atoms with van der Waals surface area (Å²) in [5, 5.41) is 14.5. The lowest BCUT2D eigenvalue weighted by molar-refractivity contribution is 0.0122. The normalized spacial score (nSPS) is 23.3. The van der Waals surface area contributed by atoms with Gasteiger partial charge in [-0.3, -0.25) is 0 Å². The van der Waals surface area contributed by atoms with Crippen LogP contribution in [-0.2, 0) is 11.3 Å². The number of aromatic carboxylic acids is 1. The second kappa shape index (κ2) is 8.80. The highest BCUT2D eigenvalue weighted by molar-refractivity contribution is 6.39. The van der Waals surface area contributed by atoms with Crippen LogP contribution < -0.4 is 4.90 Å². The molecule has 3 aromatic rings. The third kappa shape index (κ3) is 4.09. The first-order valence-corrected chi connectivity index (χ1v) is 12.5. The minimum absolute atomic E-state index is 0.0362. The second-order valence-corrected chi connectivity index (χ2v) is 10.4. The van der Waals surface area contributed by atoms with Crippen LogP contribution in [0.15, 0.2) is 40.9 Å². The highest BCUT2D eigenvalue weighted by Crippen LogP contribution is 2.47. The molecule has 3 fully saturated rings. The highest BCUT2D eigenvalue weighted by atomic mass is 35.5. The number of piperidine rings is 1. The quantitative estimate of drug-likeness (QED) is 0.383. The Labute approximate surface area is 211 Å². The van der Waals surface area contributed by atoms with Gasteiger partial charge in [-0.15, -0.1) is 0 Å². The van der Waals surface area contributed by atoms with E-state index in [1.807, 2.05) is 4.90 Å². The number of carboxylic acid groups (broad SMARTS) is 1. The van der Waals surface area contributed by atoms with Gasteiger partial charge in [0.15, 0.2) is 0 Å². The number of carbonyl (C=O) groups is 1. The fourth-order valence-corrected chi connectivity index (χ4v) is 6.09. The molecule has 6 rings (SSSR count). The molecule has 0 unspecified atom stereocenters. The molecule has 3 atom stereocenters. The van der Waals surface area contributed by atoms with Crippen LogP contribution in [0.3, 0.4) is 0 Å². The molecule has 35 heavy (non-hydrogen) atoms. The predicted molar refractivity (Wildman–Crippen MR) is 130 cm³/mol. The van der Waals surface area contributed by atoms with Gasteiger partial charge in [-0.25, -0.2) is 9.18 Å². The molecule has 2 saturated carbocycles. The van der Waals surface area contributed by atoms with Gasteiger partial charge in [0.1, 0.15) is 17.3 Å². The van der Waals surface area contributed by atoms with Crippen molar-refractivity contribution in [3.05, 3.63) is 69.1 Å². The first kappa shape index (κ1) is 22.8. The number of hydrogen-bond donors (Lipinski definition) is 1. The molecule has 6 nitrogen and oxygen atoms in total. The summed E-state index contributed by atoms with van der Waals surface area (Å²) in [6.45, 7) is 1.02. The average Bonchev–Trinajstić information content (AvgIpc) is 3.28. The van der Waals surface area contributed by atoms with Gasteiger partial charge in [-0.1, -0.05) is 34.4 Å². The second-order valence-electron chi connectivity index (χ2n) is 9.60. The molecule has 3 aliphatic rings. The van der Waals surface area contributed by atoms with Crippen molar-refractivity contribution in [1.82, 2.24) is 5.16 Å². The largest absolute Gasteiger partial charge is 0.478 e. The van der Waals surface area contributed by atoms with Gasteiger partial charge in [0, 0.05) is 35.5 Å². The number of halogens is 3. The van der Waals surface area contributed by atoms with Crippen molar-refractivity contribution in [2.24, 2.45) is 5.92 Å². The van der Waals surface area contributed by atoms with Gasteiger partial charge in [-0.05, 0) is 56.0 Å². The number of ether oxygens (including phenoxy) is 1. The van der Waals surface area contributed by atoms with Crippen LogP contribution in [0.5, 0.6) is 0 Å². The third-order valence-electron chi connectivity index (χ3n) is 7.39. The molecule has 1 aromatic heterocycles. The summed E-state index contributed by atoms with van der Waals surface area (Å²) in [5.74, 6) is -0.182. The predicted octanol–water partition coefficient (Wildman–Crippen LogP) is 6.55. The average molecular weight is 517 g/mol. The molecule has 2 heterocycles. The molecule has 2 bridgehead atoms. The molecule has 1 N–H and O–H groups in total.